The third kappa shape index (κ3) is 4.66. The normalized spacial score (nSPS) is 16.0. The largest absolute Gasteiger partial charge is 0.507 e. The Hall–Kier alpha value is -3.66. The van der Waals surface area contributed by atoms with Gasteiger partial charge in [0.25, 0.3) is 5.91 Å². The van der Waals surface area contributed by atoms with Crippen LogP contribution in [0.4, 0.5) is 17.6 Å². The molecule has 182 valence electrons. The van der Waals surface area contributed by atoms with Crippen molar-refractivity contribution in [3.8, 4) is 5.75 Å². The number of pyridine rings is 1. The number of alkyl halides is 3. The molecule has 2 amide bonds. The number of hydrogen-bond acceptors (Lipinski definition) is 4. The molecular formula is C24H18ClF4N3O3. The van der Waals surface area contributed by atoms with E-state index in [2.05, 4.69) is 4.98 Å². The van der Waals surface area contributed by atoms with Gasteiger partial charge in [-0.1, -0.05) is 29.8 Å². The molecule has 3 N–H and O–H groups in total. The molecule has 0 radical (unpaired) electrons. The maximum absolute atomic E-state index is 14.6. The molecule has 0 spiro atoms. The van der Waals surface area contributed by atoms with Crippen molar-refractivity contribution in [2.45, 2.75) is 31.1 Å². The van der Waals surface area contributed by atoms with Crippen molar-refractivity contribution in [1.82, 2.24) is 9.88 Å². The number of benzene rings is 2. The molecule has 1 aliphatic carbocycles. The van der Waals surface area contributed by atoms with E-state index in [-0.39, 0.29) is 34.7 Å². The van der Waals surface area contributed by atoms with E-state index in [1.165, 1.54) is 30.3 Å². The average Bonchev–Trinajstić information content (AvgIpc) is 3.20. The van der Waals surface area contributed by atoms with Gasteiger partial charge >= 0.3 is 6.18 Å². The van der Waals surface area contributed by atoms with E-state index in [0.717, 1.165) is 23.2 Å². The van der Waals surface area contributed by atoms with Crippen LogP contribution in [0.3, 0.4) is 0 Å². The van der Waals surface area contributed by atoms with Gasteiger partial charge in [0.2, 0.25) is 5.91 Å². The number of halogens is 5. The summed E-state index contributed by atoms with van der Waals surface area (Å²) in [6.07, 6.45) is -3.50. The Bertz CT molecular complexity index is 1300. The standard InChI is InChI=1S/C24H18ClF4N3O3/c25-13-9-16-14(17(26)10-13)6-7-18(16)32(23(35)15-3-1-2-4-19(15)33)21(22(30)34)12-5-8-20(31-11-12)24(27,28)29/h1-5,8-11,18,21,33H,6-7H2,(H2,30,34)/t18-,21-/m1/s1. The van der Waals surface area contributed by atoms with Gasteiger partial charge in [0, 0.05) is 16.8 Å². The Morgan fingerprint density at radius 3 is 2.49 bits per heavy atom. The highest BCUT2D eigenvalue weighted by atomic mass is 35.5. The predicted octanol–water partition coefficient (Wildman–Crippen LogP) is 4.95. The fourth-order valence-electron chi connectivity index (χ4n) is 4.34. The number of amides is 2. The number of fused-ring (bicyclic) bond motifs is 1. The maximum atomic E-state index is 14.6. The van der Waals surface area contributed by atoms with Crippen LogP contribution in [-0.2, 0) is 17.4 Å². The second kappa shape index (κ2) is 9.18. The van der Waals surface area contributed by atoms with Crippen LogP contribution < -0.4 is 5.73 Å². The van der Waals surface area contributed by atoms with E-state index >= 15 is 0 Å². The van der Waals surface area contributed by atoms with Crippen molar-refractivity contribution in [1.29, 1.82) is 0 Å². The van der Waals surface area contributed by atoms with Crippen molar-refractivity contribution < 1.29 is 32.3 Å². The monoisotopic (exact) mass is 507 g/mol. The Labute approximate surface area is 201 Å². The smallest absolute Gasteiger partial charge is 0.433 e. The molecule has 1 aliphatic rings. The first-order valence-corrected chi connectivity index (χ1v) is 10.8. The average molecular weight is 508 g/mol. The van der Waals surface area contributed by atoms with Crippen LogP contribution in [0.25, 0.3) is 0 Å². The minimum absolute atomic E-state index is 0.0647. The lowest BCUT2D eigenvalue weighted by molar-refractivity contribution is -0.141. The van der Waals surface area contributed by atoms with E-state index in [4.69, 9.17) is 17.3 Å². The van der Waals surface area contributed by atoms with E-state index in [1.54, 1.807) is 0 Å². The number of phenolic OH excluding ortho intramolecular Hbond substituents is 1. The molecular weight excluding hydrogens is 490 g/mol. The molecule has 2 aromatic carbocycles. The number of para-hydroxylation sites is 1. The Morgan fingerprint density at radius 1 is 1.17 bits per heavy atom. The van der Waals surface area contributed by atoms with Crippen LogP contribution in [0.2, 0.25) is 5.02 Å². The first kappa shape index (κ1) is 24.5. The van der Waals surface area contributed by atoms with E-state index < -0.39 is 41.6 Å². The summed E-state index contributed by atoms with van der Waals surface area (Å²) in [4.78, 5) is 30.8. The number of nitrogens with two attached hydrogens (primary N) is 1. The third-order valence-corrected chi connectivity index (χ3v) is 6.08. The number of carbonyl (C=O) groups is 2. The van der Waals surface area contributed by atoms with Gasteiger partial charge in [0.05, 0.1) is 11.6 Å². The van der Waals surface area contributed by atoms with E-state index in [1.807, 2.05) is 0 Å². The van der Waals surface area contributed by atoms with Gasteiger partial charge in [0.1, 0.15) is 23.3 Å². The zero-order chi connectivity index (χ0) is 25.5. The summed E-state index contributed by atoms with van der Waals surface area (Å²) in [7, 11) is 0. The summed E-state index contributed by atoms with van der Waals surface area (Å²) in [5.41, 5.74) is 4.84. The number of hydrogen-bond donors (Lipinski definition) is 2. The maximum Gasteiger partial charge on any atom is 0.433 e. The summed E-state index contributed by atoms with van der Waals surface area (Å²) >= 11 is 6.05. The Morgan fingerprint density at radius 2 is 1.89 bits per heavy atom. The molecule has 0 aliphatic heterocycles. The number of nitrogens with zero attached hydrogens (tertiary/aromatic N) is 2. The number of primary amides is 1. The van der Waals surface area contributed by atoms with Crippen molar-refractivity contribution in [3.05, 3.63) is 93.5 Å². The SMILES string of the molecule is NC(=O)[C@@H](c1ccc(C(F)(F)F)nc1)N(C(=O)c1ccccc1O)[C@@H]1CCc2c(F)cc(Cl)cc21. The van der Waals surface area contributed by atoms with Gasteiger partial charge in [-0.25, -0.2) is 4.39 Å². The van der Waals surface area contributed by atoms with Gasteiger partial charge < -0.3 is 15.7 Å². The molecule has 0 fully saturated rings. The van der Waals surface area contributed by atoms with Crippen LogP contribution in [0, 0.1) is 5.82 Å². The quantitative estimate of drug-likeness (QED) is 0.477. The van der Waals surface area contributed by atoms with Gasteiger partial charge in [-0.05, 0) is 54.3 Å². The summed E-state index contributed by atoms with van der Waals surface area (Å²) in [5.74, 6) is -2.85. The first-order chi connectivity index (χ1) is 16.5. The van der Waals surface area contributed by atoms with Crippen molar-refractivity contribution in [2.24, 2.45) is 5.73 Å². The predicted molar refractivity (Wildman–Crippen MR) is 118 cm³/mol. The fraction of sp³-hybridized carbons (Fsp3) is 0.208. The molecule has 3 aromatic rings. The molecule has 0 unspecified atom stereocenters. The Kier molecular flexibility index (Phi) is 6.42. The van der Waals surface area contributed by atoms with Gasteiger partial charge in [0.15, 0.2) is 0 Å². The third-order valence-electron chi connectivity index (χ3n) is 5.87. The van der Waals surface area contributed by atoms with E-state index in [9.17, 15) is 32.3 Å². The molecule has 1 heterocycles. The van der Waals surface area contributed by atoms with Crippen molar-refractivity contribution >= 4 is 23.4 Å². The highest BCUT2D eigenvalue weighted by Crippen LogP contribution is 2.43. The molecule has 4 rings (SSSR count). The first-order valence-electron chi connectivity index (χ1n) is 10.4. The number of carbonyl (C=O) groups excluding carboxylic acids is 2. The lowest BCUT2D eigenvalue weighted by atomic mass is 9.98. The zero-order valence-corrected chi connectivity index (χ0v) is 18.6. The summed E-state index contributed by atoms with van der Waals surface area (Å²) in [5, 5.41) is 10.4. The second-order valence-corrected chi connectivity index (χ2v) is 8.46. The van der Waals surface area contributed by atoms with Gasteiger partial charge in [-0.2, -0.15) is 13.2 Å². The lowest BCUT2D eigenvalue weighted by Gasteiger charge is -2.36. The minimum atomic E-state index is -4.72. The van der Waals surface area contributed by atoms with Crippen LogP contribution in [0.1, 0.15) is 51.2 Å². The fourth-order valence-corrected chi connectivity index (χ4v) is 4.55. The molecule has 35 heavy (non-hydrogen) atoms. The Balaban J connectivity index is 1.88. The number of rotatable bonds is 5. The second-order valence-electron chi connectivity index (χ2n) is 8.02. The number of aromatic nitrogens is 1. The van der Waals surface area contributed by atoms with Crippen molar-refractivity contribution in [3.63, 3.8) is 0 Å². The summed E-state index contributed by atoms with van der Waals surface area (Å²) < 4.78 is 53.7. The highest BCUT2D eigenvalue weighted by Gasteiger charge is 2.41. The van der Waals surface area contributed by atoms with Crippen LogP contribution >= 0.6 is 11.6 Å². The van der Waals surface area contributed by atoms with Gasteiger partial charge in [-0.3, -0.25) is 14.6 Å². The molecule has 11 heteroatoms. The minimum Gasteiger partial charge on any atom is -0.507 e. The molecule has 0 saturated heterocycles. The molecule has 0 bridgehead atoms. The topological polar surface area (TPSA) is 96.5 Å². The van der Waals surface area contributed by atoms with Crippen molar-refractivity contribution in [2.75, 3.05) is 0 Å². The highest BCUT2D eigenvalue weighted by molar-refractivity contribution is 6.30. The summed E-state index contributed by atoms with van der Waals surface area (Å²) in [6, 6.07) is 7.35. The molecule has 1 aromatic heterocycles. The molecule has 2 atom stereocenters. The number of aromatic hydroxyl groups is 1. The van der Waals surface area contributed by atoms with Crippen LogP contribution in [0.15, 0.2) is 54.7 Å². The lowest BCUT2D eigenvalue weighted by Crippen LogP contribution is -2.43. The van der Waals surface area contributed by atoms with Crippen LogP contribution in [0.5, 0.6) is 5.75 Å². The van der Waals surface area contributed by atoms with Gasteiger partial charge in [-0.15, -0.1) is 0 Å². The van der Waals surface area contributed by atoms with E-state index in [0.29, 0.717) is 17.2 Å². The molecule has 0 saturated carbocycles. The summed E-state index contributed by atoms with van der Waals surface area (Å²) in [6.45, 7) is 0. The number of phenols is 1. The molecule has 6 nitrogen and oxygen atoms in total. The van der Waals surface area contributed by atoms with Crippen LogP contribution in [-0.4, -0.2) is 26.8 Å². The zero-order valence-electron chi connectivity index (χ0n) is 17.9.